The molecule has 20 heavy (non-hydrogen) atoms. The van der Waals surface area contributed by atoms with E-state index in [1.807, 2.05) is 26.8 Å². The maximum absolute atomic E-state index is 13.0. The number of nitriles is 1. The lowest BCUT2D eigenvalue weighted by Gasteiger charge is -2.13. The van der Waals surface area contributed by atoms with Crippen molar-refractivity contribution in [3.8, 4) is 17.3 Å². The van der Waals surface area contributed by atoms with Crippen LogP contribution in [0, 0.1) is 30.0 Å². The maximum Gasteiger partial charge on any atom is 0.146 e. The zero-order chi connectivity index (χ0) is 14.7. The minimum atomic E-state index is -0.339. The summed E-state index contributed by atoms with van der Waals surface area (Å²) in [6, 6.07) is 10.2. The molecule has 1 atom stereocenters. The zero-order valence-corrected chi connectivity index (χ0v) is 11.8. The third-order valence-corrected chi connectivity index (χ3v) is 3.10. The molecule has 0 spiro atoms. The number of hydrogen-bond donors (Lipinski definition) is 0. The van der Waals surface area contributed by atoms with Crippen LogP contribution in [0.25, 0.3) is 11.3 Å². The van der Waals surface area contributed by atoms with Crippen LogP contribution in [0.4, 0.5) is 4.39 Å². The summed E-state index contributed by atoms with van der Waals surface area (Å²) in [4.78, 5) is 8.83. The Morgan fingerprint density at radius 1 is 1.15 bits per heavy atom. The van der Waals surface area contributed by atoms with Crippen LogP contribution in [0.5, 0.6) is 0 Å². The molecular weight excluding hydrogens is 253 g/mol. The van der Waals surface area contributed by atoms with Gasteiger partial charge in [-0.15, -0.1) is 0 Å². The Morgan fingerprint density at radius 3 is 2.35 bits per heavy atom. The largest absolute Gasteiger partial charge is 0.237 e. The zero-order valence-electron chi connectivity index (χ0n) is 11.8. The fourth-order valence-corrected chi connectivity index (χ4v) is 2.00. The van der Waals surface area contributed by atoms with E-state index < -0.39 is 0 Å². The van der Waals surface area contributed by atoms with Crippen molar-refractivity contribution in [1.82, 2.24) is 9.97 Å². The van der Waals surface area contributed by atoms with Gasteiger partial charge in [0.25, 0.3) is 0 Å². The molecule has 1 aromatic heterocycles. The molecule has 0 bridgehead atoms. The van der Waals surface area contributed by atoms with Crippen molar-refractivity contribution in [3.05, 3.63) is 47.7 Å². The molecule has 4 heteroatoms. The van der Waals surface area contributed by atoms with Gasteiger partial charge in [-0.1, -0.05) is 13.8 Å². The van der Waals surface area contributed by atoms with E-state index in [9.17, 15) is 9.65 Å². The molecule has 0 aliphatic heterocycles. The highest BCUT2D eigenvalue weighted by Crippen LogP contribution is 2.24. The quantitative estimate of drug-likeness (QED) is 0.850. The van der Waals surface area contributed by atoms with Gasteiger partial charge in [-0.25, -0.2) is 14.4 Å². The molecule has 2 rings (SSSR count). The molecule has 3 nitrogen and oxygen atoms in total. The summed E-state index contributed by atoms with van der Waals surface area (Å²) in [5, 5.41) is 9.26. The average molecular weight is 269 g/mol. The second-order valence-corrected chi connectivity index (χ2v) is 5.11. The fraction of sp³-hybridized carbons (Fsp3) is 0.312. The Balaban J connectivity index is 2.49. The lowest BCUT2D eigenvalue weighted by Crippen LogP contribution is -2.10. The van der Waals surface area contributed by atoms with Crippen molar-refractivity contribution < 1.29 is 4.39 Å². The van der Waals surface area contributed by atoms with E-state index in [0.29, 0.717) is 11.5 Å². The SMILES string of the molecule is Cc1cc(-c2ccc(F)cc2)nc(C(C#N)C(C)C)n1. The van der Waals surface area contributed by atoms with Gasteiger partial charge < -0.3 is 0 Å². The number of halogens is 1. The van der Waals surface area contributed by atoms with Gasteiger partial charge in [-0.3, -0.25) is 0 Å². The Hall–Kier alpha value is -2.28. The van der Waals surface area contributed by atoms with Crippen molar-refractivity contribution in [1.29, 1.82) is 5.26 Å². The predicted octanol–water partition coefficient (Wildman–Crippen LogP) is 3.85. The molecule has 1 unspecified atom stereocenters. The molecule has 0 saturated heterocycles. The number of aromatic nitrogens is 2. The Bertz CT molecular complexity index is 642. The molecule has 0 fully saturated rings. The summed E-state index contributed by atoms with van der Waals surface area (Å²) in [5.74, 6) is 0.0515. The fourth-order valence-electron chi connectivity index (χ4n) is 2.00. The van der Waals surface area contributed by atoms with E-state index in [2.05, 4.69) is 16.0 Å². The van der Waals surface area contributed by atoms with Crippen LogP contribution >= 0.6 is 0 Å². The summed E-state index contributed by atoms with van der Waals surface area (Å²) in [5.41, 5.74) is 2.34. The van der Waals surface area contributed by atoms with E-state index in [0.717, 1.165) is 11.3 Å². The lowest BCUT2D eigenvalue weighted by atomic mass is 9.96. The normalized spacial score (nSPS) is 12.2. The number of rotatable bonds is 3. The highest BCUT2D eigenvalue weighted by atomic mass is 19.1. The summed E-state index contributed by atoms with van der Waals surface area (Å²) in [7, 11) is 0. The van der Waals surface area contributed by atoms with Crippen LogP contribution in [-0.2, 0) is 0 Å². The minimum absolute atomic E-state index is 0.142. The van der Waals surface area contributed by atoms with E-state index >= 15 is 0 Å². The van der Waals surface area contributed by atoms with Gasteiger partial charge in [0.1, 0.15) is 17.6 Å². The first kappa shape index (κ1) is 14.1. The predicted molar refractivity (Wildman–Crippen MR) is 75.4 cm³/mol. The number of benzene rings is 1. The summed E-state index contributed by atoms with van der Waals surface area (Å²) in [6.07, 6.45) is 0. The molecule has 0 N–H and O–H groups in total. The third kappa shape index (κ3) is 3.00. The van der Waals surface area contributed by atoms with Crippen LogP contribution in [0.1, 0.15) is 31.3 Å². The molecule has 1 heterocycles. The monoisotopic (exact) mass is 269 g/mol. The molecule has 0 radical (unpaired) electrons. The third-order valence-electron chi connectivity index (χ3n) is 3.10. The van der Waals surface area contributed by atoms with Crippen molar-refractivity contribution in [3.63, 3.8) is 0 Å². The van der Waals surface area contributed by atoms with Gasteiger partial charge in [-0.05, 0) is 43.2 Å². The molecule has 0 amide bonds. The van der Waals surface area contributed by atoms with Crippen molar-refractivity contribution in [2.45, 2.75) is 26.7 Å². The molecule has 0 saturated carbocycles. The highest BCUT2D eigenvalue weighted by molar-refractivity contribution is 5.59. The van der Waals surface area contributed by atoms with E-state index in [1.165, 1.54) is 12.1 Å². The number of hydrogen-bond acceptors (Lipinski definition) is 3. The Kier molecular flexibility index (Phi) is 4.09. The first-order valence-corrected chi connectivity index (χ1v) is 6.52. The van der Waals surface area contributed by atoms with Gasteiger partial charge in [0, 0.05) is 11.3 Å². The van der Waals surface area contributed by atoms with E-state index in [1.54, 1.807) is 12.1 Å². The van der Waals surface area contributed by atoms with Gasteiger partial charge in [0.15, 0.2) is 0 Å². The summed E-state index contributed by atoms with van der Waals surface area (Å²) >= 11 is 0. The number of nitrogens with zero attached hydrogens (tertiary/aromatic N) is 3. The van der Waals surface area contributed by atoms with Gasteiger partial charge in [0.05, 0.1) is 11.8 Å². The Morgan fingerprint density at radius 2 is 1.80 bits per heavy atom. The smallest absolute Gasteiger partial charge is 0.146 e. The van der Waals surface area contributed by atoms with E-state index in [4.69, 9.17) is 0 Å². The second-order valence-electron chi connectivity index (χ2n) is 5.11. The first-order chi connectivity index (χ1) is 9.51. The summed E-state index contributed by atoms with van der Waals surface area (Å²) < 4.78 is 13.0. The standard InChI is InChI=1S/C16H16FN3/c1-10(2)14(9-18)16-19-11(3)8-15(20-16)12-4-6-13(17)7-5-12/h4-8,10,14H,1-3H3. The topological polar surface area (TPSA) is 49.6 Å². The maximum atomic E-state index is 13.0. The Labute approximate surface area is 118 Å². The average Bonchev–Trinajstić information content (AvgIpc) is 2.39. The molecule has 102 valence electrons. The van der Waals surface area contributed by atoms with Crippen molar-refractivity contribution >= 4 is 0 Å². The number of aryl methyl sites for hydroxylation is 1. The summed E-state index contributed by atoms with van der Waals surface area (Å²) in [6.45, 7) is 5.81. The van der Waals surface area contributed by atoms with Crippen LogP contribution in [-0.4, -0.2) is 9.97 Å². The molecule has 0 aliphatic rings. The van der Waals surface area contributed by atoms with Crippen LogP contribution in [0.15, 0.2) is 30.3 Å². The highest BCUT2D eigenvalue weighted by Gasteiger charge is 2.19. The van der Waals surface area contributed by atoms with Crippen LogP contribution < -0.4 is 0 Å². The minimum Gasteiger partial charge on any atom is -0.237 e. The molecule has 1 aromatic carbocycles. The van der Waals surface area contributed by atoms with Gasteiger partial charge in [-0.2, -0.15) is 5.26 Å². The van der Waals surface area contributed by atoms with Crippen LogP contribution in [0.3, 0.4) is 0 Å². The second kappa shape index (κ2) is 5.79. The van der Waals surface area contributed by atoms with Crippen molar-refractivity contribution in [2.24, 2.45) is 5.92 Å². The molecule has 2 aromatic rings. The van der Waals surface area contributed by atoms with Crippen molar-refractivity contribution in [2.75, 3.05) is 0 Å². The molecule has 0 aliphatic carbocycles. The van der Waals surface area contributed by atoms with Gasteiger partial charge >= 0.3 is 0 Å². The molecular formula is C16H16FN3. The van der Waals surface area contributed by atoms with Crippen LogP contribution in [0.2, 0.25) is 0 Å². The van der Waals surface area contributed by atoms with E-state index in [-0.39, 0.29) is 17.7 Å². The first-order valence-electron chi connectivity index (χ1n) is 6.52. The lowest BCUT2D eigenvalue weighted by molar-refractivity contribution is 0.560. The van der Waals surface area contributed by atoms with Gasteiger partial charge in [0.2, 0.25) is 0 Å².